The molecule has 162 valence electrons. The lowest BCUT2D eigenvalue weighted by molar-refractivity contribution is -0.120. The lowest BCUT2D eigenvalue weighted by Gasteiger charge is -2.30. The largest absolute Gasteiger partial charge is 0.362 e. The first-order valence-corrected chi connectivity index (χ1v) is 10.6. The number of anilines is 1. The van der Waals surface area contributed by atoms with E-state index in [1.807, 2.05) is 50.9 Å². The molecule has 0 unspecified atom stereocenters. The van der Waals surface area contributed by atoms with Crippen molar-refractivity contribution in [1.29, 1.82) is 0 Å². The Bertz CT molecular complexity index is 1150. The number of rotatable bonds is 4. The first kappa shape index (κ1) is 20.8. The van der Waals surface area contributed by atoms with Gasteiger partial charge in [-0.1, -0.05) is 32.0 Å². The molecule has 2 N–H and O–H groups in total. The topological polar surface area (TPSA) is 92.1 Å². The van der Waals surface area contributed by atoms with Gasteiger partial charge in [-0.05, 0) is 43.4 Å². The second-order valence-corrected chi connectivity index (χ2v) is 8.31. The average molecular weight is 421 g/mol. The number of hydrogen-bond acceptors (Lipinski definition) is 5. The van der Waals surface area contributed by atoms with E-state index in [4.69, 9.17) is 0 Å². The minimum absolute atomic E-state index is 0.153. The van der Waals surface area contributed by atoms with Crippen LogP contribution in [-0.2, 0) is 18.3 Å². The Labute approximate surface area is 181 Å². The van der Waals surface area contributed by atoms with Crippen molar-refractivity contribution in [3.8, 4) is 0 Å². The Balaban J connectivity index is 1.49. The number of benzene rings is 1. The van der Waals surface area contributed by atoms with Crippen molar-refractivity contribution in [2.45, 2.75) is 39.5 Å². The van der Waals surface area contributed by atoms with E-state index in [0.29, 0.717) is 16.6 Å². The highest BCUT2D eigenvalue weighted by atomic mass is 16.2. The Morgan fingerprint density at radius 2 is 1.97 bits per heavy atom. The average Bonchev–Trinajstić information content (AvgIpc) is 3.05. The van der Waals surface area contributed by atoms with E-state index in [1.54, 1.807) is 10.7 Å². The summed E-state index contributed by atoms with van der Waals surface area (Å²) in [4.78, 5) is 32.3. The van der Waals surface area contributed by atoms with Gasteiger partial charge in [0.05, 0.1) is 23.2 Å². The smallest absolute Gasteiger partial charge is 0.270 e. The molecule has 3 aromatic rings. The summed E-state index contributed by atoms with van der Waals surface area (Å²) in [5, 5.41) is 5.11. The SMILES string of the molecule is Cc1nn(C)c2nc(C(C)C)cc(C(=O)NNC(=O)CN3CCCc4ccccc43)c12. The number of amides is 2. The van der Waals surface area contributed by atoms with Crippen LogP contribution in [0.2, 0.25) is 0 Å². The molecule has 0 aliphatic carbocycles. The molecule has 0 radical (unpaired) electrons. The Morgan fingerprint density at radius 1 is 1.19 bits per heavy atom. The van der Waals surface area contributed by atoms with Crippen molar-refractivity contribution >= 4 is 28.5 Å². The van der Waals surface area contributed by atoms with Gasteiger partial charge < -0.3 is 4.90 Å². The van der Waals surface area contributed by atoms with Crippen LogP contribution in [0.5, 0.6) is 0 Å². The Morgan fingerprint density at radius 3 is 2.74 bits per heavy atom. The molecule has 4 rings (SSSR count). The van der Waals surface area contributed by atoms with Gasteiger partial charge in [0.2, 0.25) is 0 Å². The molecular formula is C23H28N6O2. The van der Waals surface area contributed by atoms with Crippen LogP contribution in [0, 0.1) is 6.92 Å². The van der Waals surface area contributed by atoms with E-state index in [9.17, 15) is 9.59 Å². The van der Waals surface area contributed by atoms with E-state index in [-0.39, 0.29) is 24.3 Å². The zero-order chi connectivity index (χ0) is 22.1. The molecule has 0 saturated heterocycles. The summed E-state index contributed by atoms with van der Waals surface area (Å²) in [6, 6.07) is 9.91. The maximum Gasteiger partial charge on any atom is 0.270 e. The second kappa shape index (κ2) is 8.37. The van der Waals surface area contributed by atoms with E-state index in [2.05, 4.69) is 27.0 Å². The van der Waals surface area contributed by atoms with Crippen molar-refractivity contribution < 1.29 is 9.59 Å². The van der Waals surface area contributed by atoms with Gasteiger partial charge in [-0.2, -0.15) is 5.10 Å². The van der Waals surface area contributed by atoms with Crippen LogP contribution in [0.15, 0.2) is 30.3 Å². The summed E-state index contributed by atoms with van der Waals surface area (Å²) >= 11 is 0. The molecule has 1 aliphatic heterocycles. The second-order valence-electron chi connectivity index (χ2n) is 8.31. The maximum atomic E-state index is 13.0. The highest BCUT2D eigenvalue weighted by Gasteiger charge is 2.21. The number of hydrogen-bond donors (Lipinski definition) is 2. The summed E-state index contributed by atoms with van der Waals surface area (Å²) in [7, 11) is 1.81. The molecule has 0 spiro atoms. The van der Waals surface area contributed by atoms with Gasteiger partial charge >= 0.3 is 0 Å². The maximum absolute atomic E-state index is 13.0. The number of carbonyl (C=O) groups is 2. The van der Waals surface area contributed by atoms with Gasteiger partial charge in [-0.25, -0.2) is 4.98 Å². The van der Waals surface area contributed by atoms with Crippen LogP contribution >= 0.6 is 0 Å². The first-order chi connectivity index (χ1) is 14.8. The van der Waals surface area contributed by atoms with Crippen LogP contribution in [0.3, 0.4) is 0 Å². The van der Waals surface area contributed by atoms with Gasteiger partial charge in [0.1, 0.15) is 0 Å². The molecule has 1 aromatic carbocycles. The third-order valence-corrected chi connectivity index (χ3v) is 5.68. The summed E-state index contributed by atoms with van der Waals surface area (Å²) in [6.45, 7) is 6.90. The van der Waals surface area contributed by atoms with Gasteiger partial charge in [0, 0.05) is 25.0 Å². The number of fused-ring (bicyclic) bond motifs is 2. The van der Waals surface area contributed by atoms with Crippen molar-refractivity contribution in [1.82, 2.24) is 25.6 Å². The fraction of sp³-hybridized carbons (Fsp3) is 0.391. The van der Waals surface area contributed by atoms with Crippen LogP contribution < -0.4 is 15.8 Å². The molecule has 0 bridgehead atoms. The van der Waals surface area contributed by atoms with E-state index in [1.165, 1.54) is 5.56 Å². The molecule has 8 heteroatoms. The van der Waals surface area contributed by atoms with Crippen LogP contribution in [0.25, 0.3) is 11.0 Å². The zero-order valence-corrected chi connectivity index (χ0v) is 18.4. The van der Waals surface area contributed by atoms with Crippen LogP contribution in [0.1, 0.15) is 53.5 Å². The summed E-state index contributed by atoms with van der Waals surface area (Å²) < 4.78 is 1.68. The molecule has 31 heavy (non-hydrogen) atoms. The fourth-order valence-electron chi connectivity index (χ4n) is 4.12. The molecule has 8 nitrogen and oxygen atoms in total. The minimum atomic E-state index is -0.377. The molecule has 1 aliphatic rings. The van der Waals surface area contributed by atoms with Gasteiger partial charge in [-0.15, -0.1) is 0 Å². The normalized spacial score (nSPS) is 13.4. The van der Waals surface area contributed by atoms with Crippen LogP contribution in [0.4, 0.5) is 5.69 Å². The number of pyridine rings is 1. The standard InChI is InChI=1S/C23H28N6O2/c1-14(2)18-12-17(21-15(3)27-28(4)22(21)24-18)23(31)26-25-20(30)13-29-11-7-9-16-8-5-6-10-19(16)29/h5-6,8,10,12,14H,7,9,11,13H2,1-4H3,(H,25,30)(H,26,31). The van der Waals surface area contributed by atoms with Gasteiger partial charge in [-0.3, -0.25) is 25.1 Å². The first-order valence-electron chi connectivity index (χ1n) is 10.6. The van der Waals surface area contributed by atoms with Gasteiger partial charge in [0.15, 0.2) is 5.65 Å². The van der Waals surface area contributed by atoms with Gasteiger partial charge in [0.25, 0.3) is 11.8 Å². The predicted octanol–water partition coefficient (Wildman–Crippen LogP) is 2.61. The number of nitrogens with one attached hydrogen (secondary N) is 2. The van der Waals surface area contributed by atoms with E-state index >= 15 is 0 Å². The third-order valence-electron chi connectivity index (χ3n) is 5.68. The number of aryl methyl sites for hydroxylation is 3. The lowest BCUT2D eigenvalue weighted by atomic mass is 10.0. The number of nitrogens with zero attached hydrogens (tertiary/aromatic N) is 4. The molecule has 3 heterocycles. The molecule has 0 saturated carbocycles. The molecule has 2 aromatic heterocycles. The summed E-state index contributed by atoms with van der Waals surface area (Å²) in [6.07, 6.45) is 2.02. The zero-order valence-electron chi connectivity index (χ0n) is 18.4. The van der Waals surface area contributed by atoms with Crippen LogP contribution in [-0.4, -0.2) is 39.7 Å². The van der Waals surface area contributed by atoms with Crippen molar-refractivity contribution in [2.24, 2.45) is 7.05 Å². The monoisotopic (exact) mass is 420 g/mol. The highest BCUT2D eigenvalue weighted by molar-refractivity contribution is 6.07. The van der Waals surface area contributed by atoms with Crippen molar-refractivity contribution in [2.75, 3.05) is 18.0 Å². The van der Waals surface area contributed by atoms with E-state index < -0.39 is 0 Å². The van der Waals surface area contributed by atoms with E-state index in [0.717, 1.165) is 36.5 Å². The highest BCUT2D eigenvalue weighted by Crippen LogP contribution is 2.26. The fourth-order valence-corrected chi connectivity index (χ4v) is 4.12. The molecule has 2 amide bonds. The molecule has 0 atom stereocenters. The molecular weight excluding hydrogens is 392 g/mol. The number of aromatic nitrogens is 3. The minimum Gasteiger partial charge on any atom is -0.362 e. The number of carbonyl (C=O) groups excluding carboxylic acids is 2. The number of hydrazine groups is 1. The number of para-hydroxylation sites is 1. The van der Waals surface area contributed by atoms with Crippen molar-refractivity contribution in [3.05, 3.63) is 52.8 Å². The lowest BCUT2D eigenvalue weighted by Crippen LogP contribution is -2.47. The Hall–Kier alpha value is -3.42. The van der Waals surface area contributed by atoms with Crippen molar-refractivity contribution in [3.63, 3.8) is 0 Å². The summed E-state index contributed by atoms with van der Waals surface area (Å²) in [5.41, 5.74) is 10.1. The third kappa shape index (κ3) is 4.10. The molecule has 0 fully saturated rings. The predicted molar refractivity (Wildman–Crippen MR) is 120 cm³/mol. The quantitative estimate of drug-likeness (QED) is 0.633. The Kier molecular flexibility index (Phi) is 5.63. The summed E-state index contributed by atoms with van der Waals surface area (Å²) in [5.74, 6) is -0.486.